The molecule has 0 aliphatic rings. The van der Waals surface area contributed by atoms with Gasteiger partial charge in [0.25, 0.3) is 5.91 Å². The van der Waals surface area contributed by atoms with Gasteiger partial charge in [0, 0.05) is 34.2 Å². The summed E-state index contributed by atoms with van der Waals surface area (Å²) in [6, 6.07) is 11.3. The number of hydrogen-bond donors (Lipinski definition) is 2. The Morgan fingerprint density at radius 1 is 1.23 bits per heavy atom. The molecule has 3 aromatic rings. The Bertz CT molecular complexity index is 828. The van der Waals surface area contributed by atoms with Crippen molar-refractivity contribution in [1.29, 1.82) is 0 Å². The van der Waals surface area contributed by atoms with E-state index in [1.165, 1.54) is 18.2 Å². The Labute approximate surface area is 132 Å². The van der Waals surface area contributed by atoms with Crippen molar-refractivity contribution in [3.63, 3.8) is 0 Å². The van der Waals surface area contributed by atoms with Crippen LogP contribution < -0.4 is 5.32 Å². The van der Waals surface area contributed by atoms with Crippen LogP contribution in [0.1, 0.15) is 15.9 Å². The van der Waals surface area contributed by atoms with Crippen LogP contribution in [-0.4, -0.2) is 17.4 Å². The molecule has 2 aromatic carbocycles. The molecule has 3 nitrogen and oxygen atoms in total. The van der Waals surface area contributed by atoms with Gasteiger partial charge in [0.15, 0.2) is 0 Å². The normalized spacial score (nSPS) is 10.8. The van der Waals surface area contributed by atoms with Crippen molar-refractivity contribution in [2.24, 2.45) is 0 Å². The zero-order valence-electron chi connectivity index (χ0n) is 11.7. The van der Waals surface area contributed by atoms with E-state index in [-0.39, 0.29) is 5.91 Å². The van der Waals surface area contributed by atoms with E-state index in [0.717, 1.165) is 16.5 Å². The number of nitrogens with one attached hydrogen (secondary N) is 2. The third-order valence-corrected chi connectivity index (χ3v) is 3.73. The molecule has 0 saturated heterocycles. The first-order valence-corrected chi connectivity index (χ1v) is 7.30. The highest BCUT2D eigenvalue weighted by molar-refractivity contribution is 6.31. The van der Waals surface area contributed by atoms with E-state index in [2.05, 4.69) is 10.3 Å². The number of carbonyl (C=O) groups is 1. The highest BCUT2D eigenvalue weighted by atomic mass is 35.5. The van der Waals surface area contributed by atoms with E-state index in [1.807, 2.05) is 24.4 Å². The predicted octanol–water partition coefficient (Wildman–Crippen LogP) is 3.93. The van der Waals surface area contributed by atoms with Gasteiger partial charge >= 0.3 is 0 Å². The molecule has 3 rings (SSSR count). The zero-order chi connectivity index (χ0) is 15.5. The minimum Gasteiger partial charge on any atom is -0.361 e. The minimum atomic E-state index is -0.416. The summed E-state index contributed by atoms with van der Waals surface area (Å²) in [6.45, 7) is 0.477. The van der Waals surface area contributed by atoms with Crippen molar-refractivity contribution < 1.29 is 9.18 Å². The second kappa shape index (κ2) is 6.20. The molecule has 0 unspecified atom stereocenters. The maximum Gasteiger partial charge on any atom is 0.251 e. The molecule has 112 valence electrons. The van der Waals surface area contributed by atoms with Crippen LogP contribution in [0.3, 0.4) is 0 Å². The standard InChI is InChI=1S/C17H14ClFN2O/c18-13-4-5-15-12(10-21-16(15)9-13)6-7-20-17(22)11-2-1-3-14(19)8-11/h1-5,8-10,21H,6-7H2,(H,20,22). The molecule has 0 radical (unpaired) electrons. The monoisotopic (exact) mass is 316 g/mol. The summed E-state index contributed by atoms with van der Waals surface area (Å²) in [6.07, 6.45) is 2.60. The molecule has 0 aliphatic carbocycles. The van der Waals surface area contributed by atoms with Crippen LogP contribution in [0, 0.1) is 5.82 Å². The van der Waals surface area contributed by atoms with Crippen molar-refractivity contribution in [3.05, 3.63) is 70.6 Å². The SMILES string of the molecule is O=C(NCCc1c[nH]c2cc(Cl)ccc12)c1cccc(F)c1. The first kappa shape index (κ1) is 14.6. The topological polar surface area (TPSA) is 44.9 Å². The van der Waals surface area contributed by atoms with Gasteiger partial charge in [-0.2, -0.15) is 0 Å². The fraction of sp³-hybridized carbons (Fsp3) is 0.118. The lowest BCUT2D eigenvalue weighted by Gasteiger charge is -2.05. The van der Waals surface area contributed by atoms with Crippen molar-refractivity contribution in [2.75, 3.05) is 6.54 Å². The van der Waals surface area contributed by atoms with Gasteiger partial charge in [0.05, 0.1) is 0 Å². The number of aromatic nitrogens is 1. The molecular formula is C17H14ClFN2O. The van der Waals surface area contributed by atoms with Gasteiger partial charge in [-0.25, -0.2) is 4.39 Å². The lowest BCUT2D eigenvalue weighted by Crippen LogP contribution is -2.25. The van der Waals surface area contributed by atoms with Crippen molar-refractivity contribution in [3.8, 4) is 0 Å². The number of fused-ring (bicyclic) bond motifs is 1. The van der Waals surface area contributed by atoms with Crippen molar-refractivity contribution >= 4 is 28.4 Å². The average molecular weight is 317 g/mol. The molecule has 22 heavy (non-hydrogen) atoms. The molecule has 0 spiro atoms. The van der Waals surface area contributed by atoms with Crippen molar-refractivity contribution in [1.82, 2.24) is 10.3 Å². The zero-order valence-corrected chi connectivity index (χ0v) is 12.5. The van der Waals surface area contributed by atoms with Crippen LogP contribution in [0.4, 0.5) is 4.39 Å². The number of aromatic amines is 1. The molecule has 1 amide bonds. The van der Waals surface area contributed by atoms with Gasteiger partial charge in [0.1, 0.15) is 5.82 Å². The summed E-state index contributed by atoms with van der Waals surface area (Å²) >= 11 is 5.95. The van der Waals surface area contributed by atoms with E-state index in [0.29, 0.717) is 23.6 Å². The summed E-state index contributed by atoms with van der Waals surface area (Å²) in [5.74, 6) is -0.691. The number of H-pyrrole nitrogens is 1. The lowest BCUT2D eigenvalue weighted by atomic mass is 10.1. The molecule has 0 atom stereocenters. The van der Waals surface area contributed by atoms with Crippen LogP contribution in [0.2, 0.25) is 5.02 Å². The first-order valence-electron chi connectivity index (χ1n) is 6.93. The third kappa shape index (κ3) is 3.12. The molecule has 0 fully saturated rings. The Hall–Kier alpha value is -2.33. The summed E-state index contributed by atoms with van der Waals surface area (Å²) in [5.41, 5.74) is 2.40. The van der Waals surface area contributed by atoms with Gasteiger partial charge < -0.3 is 10.3 Å². The van der Waals surface area contributed by atoms with E-state index >= 15 is 0 Å². The minimum absolute atomic E-state index is 0.276. The Kier molecular flexibility index (Phi) is 4.11. The molecule has 5 heteroatoms. The smallest absolute Gasteiger partial charge is 0.251 e. The first-order chi connectivity index (χ1) is 10.6. The number of rotatable bonds is 4. The Morgan fingerprint density at radius 3 is 2.91 bits per heavy atom. The maximum atomic E-state index is 13.1. The molecule has 2 N–H and O–H groups in total. The number of halogens is 2. The largest absolute Gasteiger partial charge is 0.361 e. The molecular weight excluding hydrogens is 303 g/mol. The Balaban J connectivity index is 1.64. The van der Waals surface area contributed by atoms with Crippen LogP contribution >= 0.6 is 11.6 Å². The highest BCUT2D eigenvalue weighted by Crippen LogP contribution is 2.22. The fourth-order valence-electron chi connectivity index (χ4n) is 2.41. The van der Waals surface area contributed by atoms with E-state index < -0.39 is 5.82 Å². The predicted molar refractivity (Wildman–Crippen MR) is 85.7 cm³/mol. The number of carbonyl (C=O) groups excluding carboxylic acids is 1. The van der Waals surface area contributed by atoms with Gasteiger partial charge in [-0.15, -0.1) is 0 Å². The van der Waals surface area contributed by atoms with E-state index in [1.54, 1.807) is 6.07 Å². The Morgan fingerprint density at radius 2 is 2.09 bits per heavy atom. The molecule has 0 saturated carbocycles. The van der Waals surface area contributed by atoms with Crippen molar-refractivity contribution in [2.45, 2.75) is 6.42 Å². The summed E-state index contributed by atoms with van der Waals surface area (Å²) < 4.78 is 13.1. The third-order valence-electron chi connectivity index (χ3n) is 3.50. The summed E-state index contributed by atoms with van der Waals surface area (Å²) in [5, 5.41) is 4.56. The molecule has 1 aromatic heterocycles. The molecule has 1 heterocycles. The average Bonchev–Trinajstić information content (AvgIpc) is 2.89. The van der Waals surface area contributed by atoms with E-state index in [9.17, 15) is 9.18 Å². The van der Waals surface area contributed by atoms with Crippen LogP contribution in [0.25, 0.3) is 10.9 Å². The fourth-order valence-corrected chi connectivity index (χ4v) is 2.58. The second-order valence-electron chi connectivity index (χ2n) is 5.02. The lowest BCUT2D eigenvalue weighted by molar-refractivity contribution is 0.0953. The molecule has 0 aliphatic heterocycles. The number of amides is 1. The van der Waals surface area contributed by atoms with Gasteiger partial charge in [-0.3, -0.25) is 4.79 Å². The summed E-state index contributed by atoms with van der Waals surface area (Å²) in [4.78, 5) is 15.1. The van der Waals surface area contributed by atoms with Crippen LogP contribution in [-0.2, 0) is 6.42 Å². The second-order valence-corrected chi connectivity index (χ2v) is 5.46. The highest BCUT2D eigenvalue weighted by Gasteiger charge is 2.07. The summed E-state index contributed by atoms with van der Waals surface area (Å²) in [7, 11) is 0. The quantitative estimate of drug-likeness (QED) is 0.752. The number of hydrogen-bond acceptors (Lipinski definition) is 1. The molecule has 0 bridgehead atoms. The van der Waals surface area contributed by atoms with Crippen LogP contribution in [0.5, 0.6) is 0 Å². The number of benzene rings is 2. The van der Waals surface area contributed by atoms with Gasteiger partial charge in [0.2, 0.25) is 0 Å². The van der Waals surface area contributed by atoms with Gasteiger partial charge in [-0.05, 0) is 42.3 Å². The van der Waals surface area contributed by atoms with Gasteiger partial charge in [-0.1, -0.05) is 23.7 Å². The van der Waals surface area contributed by atoms with E-state index in [4.69, 9.17) is 11.6 Å². The maximum absolute atomic E-state index is 13.1. The van der Waals surface area contributed by atoms with Crippen LogP contribution in [0.15, 0.2) is 48.7 Å².